The maximum atomic E-state index is 3.47. The highest BCUT2D eigenvalue weighted by molar-refractivity contribution is 5.03. The summed E-state index contributed by atoms with van der Waals surface area (Å²) in [6.07, 6.45) is 9.34. The molecule has 0 radical (unpaired) electrons. The second-order valence-electron chi connectivity index (χ2n) is 8.32. The minimum Gasteiger partial charge on any atom is -0.314 e. The standard InChI is InChI=1S/C17H30N2/c1-17-10-13-8-14(11-17)16(15(9-13)12-17)2-5-19-6-3-18-4-7-19/h13-16,18H,2-12H2,1H3. The fraction of sp³-hybridized carbons (Fsp3) is 1.00. The number of nitrogens with one attached hydrogen (secondary N) is 1. The molecule has 4 aliphatic carbocycles. The van der Waals surface area contributed by atoms with Crippen LogP contribution in [0.1, 0.15) is 45.4 Å². The Kier molecular flexibility index (Phi) is 3.15. The van der Waals surface area contributed by atoms with Crippen molar-refractivity contribution in [2.24, 2.45) is 29.1 Å². The van der Waals surface area contributed by atoms with Gasteiger partial charge in [-0.3, -0.25) is 0 Å². The second-order valence-corrected chi connectivity index (χ2v) is 8.32. The first kappa shape index (κ1) is 12.6. The molecule has 0 aromatic heterocycles. The zero-order valence-electron chi connectivity index (χ0n) is 12.5. The molecule has 0 aromatic rings. The van der Waals surface area contributed by atoms with E-state index in [4.69, 9.17) is 0 Å². The van der Waals surface area contributed by atoms with Crippen LogP contribution < -0.4 is 5.32 Å². The van der Waals surface area contributed by atoms with Crippen LogP contribution in [0.15, 0.2) is 0 Å². The van der Waals surface area contributed by atoms with Crippen molar-refractivity contribution in [3.8, 4) is 0 Å². The molecular weight excluding hydrogens is 232 g/mol. The minimum atomic E-state index is 0.752. The highest BCUT2D eigenvalue weighted by atomic mass is 15.2. The predicted molar refractivity (Wildman–Crippen MR) is 79.1 cm³/mol. The van der Waals surface area contributed by atoms with Gasteiger partial charge in [-0.1, -0.05) is 6.92 Å². The highest BCUT2D eigenvalue weighted by Gasteiger charge is 2.52. The van der Waals surface area contributed by atoms with E-state index in [0.29, 0.717) is 0 Å². The van der Waals surface area contributed by atoms with E-state index in [1.165, 1.54) is 39.1 Å². The summed E-state index contributed by atoms with van der Waals surface area (Å²) in [7, 11) is 0. The lowest BCUT2D eigenvalue weighted by Gasteiger charge is -2.59. The van der Waals surface area contributed by atoms with Gasteiger partial charge in [-0.15, -0.1) is 0 Å². The predicted octanol–water partition coefficient (Wildman–Crippen LogP) is 2.74. The van der Waals surface area contributed by atoms with Gasteiger partial charge in [0.05, 0.1) is 0 Å². The quantitative estimate of drug-likeness (QED) is 0.841. The average molecular weight is 262 g/mol. The van der Waals surface area contributed by atoms with Crippen LogP contribution in [-0.4, -0.2) is 37.6 Å². The molecule has 2 unspecified atom stereocenters. The van der Waals surface area contributed by atoms with Crippen LogP contribution in [0.3, 0.4) is 0 Å². The van der Waals surface area contributed by atoms with E-state index in [2.05, 4.69) is 17.1 Å². The van der Waals surface area contributed by atoms with E-state index in [9.17, 15) is 0 Å². The van der Waals surface area contributed by atoms with Gasteiger partial charge in [0.25, 0.3) is 0 Å². The number of piperazine rings is 1. The Morgan fingerprint density at radius 3 is 2.37 bits per heavy atom. The molecule has 1 saturated heterocycles. The van der Waals surface area contributed by atoms with Crippen molar-refractivity contribution in [3.05, 3.63) is 0 Å². The lowest BCUT2D eigenvalue weighted by atomic mass is 9.46. The van der Waals surface area contributed by atoms with E-state index in [1.807, 2.05) is 0 Å². The van der Waals surface area contributed by atoms with Crippen molar-refractivity contribution in [3.63, 3.8) is 0 Å². The Hall–Kier alpha value is -0.0800. The van der Waals surface area contributed by atoms with Crippen molar-refractivity contribution in [1.82, 2.24) is 10.2 Å². The first-order valence-corrected chi connectivity index (χ1v) is 8.65. The molecule has 19 heavy (non-hydrogen) atoms. The van der Waals surface area contributed by atoms with Crippen LogP contribution in [0, 0.1) is 29.1 Å². The summed E-state index contributed by atoms with van der Waals surface area (Å²) < 4.78 is 0. The summed E-state index contributed by atoms with van der Waals surface area (Å²) >= 11 is 0. The SMILES string of the molecule is CC12CC3CC(C1)C(CCN1CCNCC1)C(C3)C2. The highest BCUT2D eigenvalue weighted by Crippen LogP contribution is 2.62. The maximum Gasteiger partial charge on any atom is 0.0107 e. The number of hydrogen-bond donors (Lipinski definition) is 1. The van der Waals surface area contributed by atoms with Crippen molar-refractivity contribution >= 4 is 0 Å². The summed E-state index contributed by atoms with van der Waals surface area (Å²) in [5, 5.41) is 3.47. The van der Waals surface area contributed by atoms with E-state index in [0.717, 1.165) is 29.1 Å². The van der Waals surface area contributed by atoms with Gasteiger partial charge in [-0.2, -0.15) is 0 Å². The molecule has 1 heterocycles. The van der Waals surface area contributed by atoms with Gasteiger partial charge >= 0.3 is 0 Å². The molecule has 2 heteroatoms. The van der Waals surface area contributed by atoms with E-state index in [-0.39, 0.29) is 0 Å². The summed E-state index contributed by atoms with van der Waals surface area (Å²) in [6.45, 7) is 8.94. The number of hydrogen-bond acceptors (Lipinski definition) is 2. The van der Waals surface area contributed by atoms with E-state index in [1.54, 1.807) is 32.1 Å². The monoisotopic (exact) mass is 262 g/mol. The van der Waals surface area contributed by atoms with E-state index < -0.39 is 0 Å². The first-order chi connectivity index (χ1) is 9.22. The summed E-state index contributed by atoms with van der Waals surface area (Å²) in [5.74, 6) is 4.38. The van der Waals surface area contributed by atoms with Crippen LogP contribution in [0.25, 0.3) is 0 Å². The average Bonchev–Trinajstić information content (AvgIpc) is 2.37. The number of nitrogens with zero attached hydrogens (tertiary/aromatic N) is 1. The van der Waals surface area contributed by atoms with Gasteiger partial charge in [0, 0.05) is 26.2 Å². The van der Waals surface area contributed by atoms with Crippen molar-refractivity contribution in [1.29, 1.82) is 0 Å². The Morgan fingerprint density at radius 2 is 1.74 bits per heavy atom. The van der Waals surface area contributed by atoms with Gasteiger partial charge < -0.3 is 10.2 Å². The molecule has 1 N–H and O–H groups in total. The molecule has 5 aliphatic rings. The second kappa shape index (κ2) is 4.73. The van der Waals surface area contributed by atoms with Gasteiger partial charge in [0.2, 0.25) is 0 Å². The molecule has 0 amide bonds. The van der Waals surface area contributed by atoms with Crippen LogP contribution >= 0.6 is 0 Å². The van der Waals surface area contributed by atoms with Crippen molar-refractivity contribution in [2.45, 2.75) is 45.4 Å². The van der Waals surface area contributed by atoms with Crippen LogP contribution in [0.5, 0.6) is 0 Å². The largest absolute Gasteiger partial charge is 0.314 e. The molecule has 2 nitrogen and oxygen atoms in total. The normalized spacial score (nSPS) is 49.7. The minimum absolute atomic E-state index is 0.752. The van der Waals surface area contributed by atoms with Gasteiger partial charge in [0.1, 0.15) is 0 Å². The Labute approximate surface area is 118 Å². The van der Waals surface area contributed by atoms with Crippen molar-refractivity contribution < 1.29 is 0 Å². The fourth-order valence-corrected chi connectivity index (χ4v) is 6.27. The number of rotatable bonds is 3. The molecule has 0 aromatic carbocycles. The lowest BCUT2D eigenvalue weighted by Crippen LogP contribution is -2.51. The zero-order chi connectivity index (χ0) is 12.9. The Bertz CT molecular complexity index is 318. The summed E-state index contributed by atoms with van der Waals surface area (Å²) in [4.78, 5) is 2.70. The molecule has 5 fully saturated rings. The molecule has 0 spiro atoms. The van der Waals surface area contributed by atoms with Crippen molar-refractivity contribution in [2.75, 3.05) is 32.7 Å². The fourth-order valence-electron chi connectivity index (χ4n) is 6.27. The summed E-state index contributed by atoms with van der Waals surface area (Å²) in [5.41, 5.74) is 0.752. The van der Waals surface area contributed by atoms with Gasteiger partial charge in [-0.05, 0) is 74.2 Å². The molecular formula is C17H30N2. The zero-order valence-corrected chi connectivity index (χ0v) is 12.5. The molecule has 4 bridgehead atoms. The Balaban J connectivity index is 1.37. The Morgan fingerprint density at radius 1 is 1.05 bits per heavy atom. The third kappa shape index (κ3) is 2.35. The topological polar surface area (TPSA) is 15.3 Å². The lowest BCUT2D eigenvalue weighted by molar-refractivity contribution is -0.0902. The summed E-state index contributed by atoms with van der Waals surface area (Å²) in [6, 6.07) is 0. The van der Waals surface area contributed by atoms with E-state index >= 15 is 0 Å². The smallest absolute Gasteiger partial charge is 0.0107 e. The van der Waals surface area contributed by atoms with Crippen LogP contribution in [-0.2, 0) is 0 Å². The van der Waals surface area contributed by atoms with Gasteiger partial charge in [-0.25, -0.2) is 0 Å². The first-order valence-electron chi connectivity index (χ1n) is 8.65. The molecule has 5 rings (SSSR count). The third-order valence-electron chi connectivity index (χ3n) is 6.76. The molecule has 2 atom stereocenters. The maximum absolute atomic E-state index is 3.47. The third-order valence-corrected chi connectivity index (χ3v) is 6.76. The molecule has 4 saturated carbocycles. The molecule has 108 valence electrons. The van der Waals surface area contributed by atoms with Gasteiger partial charge in [0.15, 0.2) is 0 Å². The van der Waals surface area contributed by atoms with Crippen LogP contribution in [0.2, 0.25) is 0 Å². The molecule has 1 aliphatic heterocycles. The van der Waals surface area contributed by atoms with Crippen LogP contribution in [0.4, 0.5) is 0 Å².